The third-order valence-corrected chi connectivity index (χ3v) is 3.04. The topological polar surface area (TPSA) is 42.2 Å². The Balaban J connectivity index is 1.94. The van der Waals surface area contributed by atoms with Gasteiger partial charge in [-0.3, -0.25) is 4.79 Å². The first kappa shape index (κ1) is 12.5. The molecule has 1 N–H and O–H groups in total. The number of hydrogen-bond acceptors (Lipinski definition) is 3. The van der Waals surface area contributed by atoms with Crippen molar-refractivity contribution in [3.63, 3.8) is 0 Å². The van der Waals surface area contributed by atoms with Crippen molar-refractivity contribution in [1.29, 1.82) is 0 Å². The van der Waals surface area contributed by atoms with Crippen LogP contribution in [0.4, 0.5) is 5.69 Å². The first-order valence-corrected chi connectivity index (χ1v) is 6.67. The molecule has 0 unspecified atom stereocenters. The second-order valence-corrected chi connectivity index (χ2v) is 4.45. The quantitative estimate of drug-likeness (QED) is 0.673. The first-order chi connectivity index (χ1) is 8.78. The van der Waals surface area contributed by atoms with Crippen LogP contribution in [0.25, 0.3) is 6.08 Å². The fourth-order valence-electron chi connectivity index (χ4n) is 1.40. The Morgan fingerprint density at radius 2 is 2.06 bits per heavy atom. The van der Waals surface area contributed by atoms with Crippen molar-refractivity contribution < 1.29 is 9.21 Å². The van der Waals surface area contributed by atoms with Crippen LogP contribution in [-0.4, -0.2) is 12.2 Å². The number of furan rings is 1. The van der Waals surface area contributed by atoms with E-state index in [2.05, 4.69) is 5.32 Å². The Kier molecular flexibility index (Phi) is 4.25. The van der Waals surface area contributed by atoms with E-state index in [0.717, 1.165) is 5.69 Å². The molecule has 0 fully saturated rings. The van der Waals surface area contributed by atoms with E-state index in [0.29, 0.717) is 5.76 Å². The zero-order chi connectivity index (χ0) is 12.8. The standard InChI is InChI=1S/C14H13NO2S/c1-18-13-7-4-11(5-8-13)15-14(16)9-6-12-3-2-10-17-12/h2-10H,1H3,(H,15,16)/b9-6+. The van der Waals surface area contributed by atoms with Gasteiger partial charge in [0.2, 0.25) is 5.91 Å². The fourth-order valence-corrected chi connectivity index (χ4v) is 1.81. The van der Waals surface area contributed by atoms with Crippen LogP contribution >= 0.6 is 11.8 Å². The van der Waals surface area contributed by atoms with Crippen molar-refractivity contribution in [3.05, 3.63) is 54.5 Å². The zero-order valence-electron chi connectivity index (χ0n) is 9.92. The van der Waals surface area contributed by atoms with E-state index >= 15 is 0 Å². The molecule has 1 heterocycles. The molecule has 0 atom stereocenters. The minimum atomic E-state index is -0.177. The van der Waals surface area contributed by atoms with E-state index in [1.165, 1.54) is 11.0 Å². The highest BCUT2D eigenvalue weighted by molar-refractivity contribution is 7.98. The Morgan fingerprint density at radius 3 is 2.67 bits per heavy atom. The molecule has 1 amide bonds. The van der Waals surface area contributed by atoms with E-state index in [1.54, 1.807) is 36.2 Å². The summed E-state index contributed by atoms with van der Waals surface area (Å²) in [4.78, 5) is 12.8. The van der Waals surface area contributed by atoms with Gasteiger partial charge in [0.25, 0.3) is 0 Å². The number of rotatable bonds is 4. The first-order valence-electron chi connectivity index (χ1n) is 5.44. The lowest BCUT2D eigenvalue weighted by Crippen LogP contribution is -2.07. The van der Waals surface area contributed by atoms with E-state index in [-0.39, 0.29) is 5.91 Å². The zero-order valence-corrected chi connectivity index (χ0v) is 10.7. The minimum Gasteiger partial charge on any atom is -0.465 e. The lowest BCUT2D eigenvalue weighted by atomic mass is 10.3. The SMILES string of the molecule is CSc1ccc(NC(=O)/C=C/c2ccco2)cc1. The van der Waals surface area contributed by atoms with Gasteiger partial charge in [-0.25, -0.2) is 0 Å². The van der Waals surface area contributed by atoms with E-state index in [9.17, 15) is 4.79 Å². The Bertz CT molecular complexity index is 529. The molecule has 1 aromatic heterocycles. The van der Waals surface area contributed by atoms with Crippen molar-refractivity contribution in [3.8, 4) is 0 Å². The van der Waals surface area contributed by atoms with Crippen molar-refractivity contribution in [2.24, 2.45) is 0 Å². The maximum Gasteiger partial charge on any atom is 0.248 e. The number of benzene rings is 1. The molecule has 0 bridgehead atoms. The molecule has 1 aromatic carbocycles. The van der Waals surface area contributed by atoms with Crippen LogP contribution in [0.3, 0.4) is 0 Å². The summed E-state index contributed by atoms with van der Waals surface area (Å²) in [5.41, 5.74) is 0.780. The summed E-state index contributed by atoms with van der Waals surface area (Å²) in [6.07, 6.45) is 6.66. The number of anilines is 1. The molecule has 2 rings (SSSR count). The average Bonchev–Trinajstić information content (AvgIpc) is 2.90. The van der Waals surface area contributed by atoms with Gasteiger partial charge in [0.1, 0.15) is 5.76 Å². The maximum absolute atomic E-state index is 11.6. The largest absolute Gasteiger partial charge is 0.465 e. The highest BCUT2D eigenvalue weighted by atomic mass is 32.2. The van der Waals surface area contributed by atoms with Crippen LogP contribution < -0.4 is 5.32 Å². The van der Waals surface area contributed by atoms with Gasteiger partial charge in [-0.2, -0.15) is 0 Å². The normalized spacial score (nSPS) is 10.7. The summed E-state index contributed by atoms with van der Waals surface area (Å²) in [6.45, 7) is 0. The van der Waals surface area contributed by atoms with E-state index < -0.39 is 0 Å². The van der Waals surface area contributed by atoms with Crippen molar-refractivity contribution in [2.75, 3.05) is 11.6 Å². The molecule has 4 heteroatoms. The smallest absolute Gasteiger partial charge is 0.248 e. The van der Waals surface area contributed by atoms with Gasteiger partial charge in [-0.1, -0.05) is 0 Å². The van der Waals surface area contributed by atoms with Crippen LogP contribution in [0, 0.1) is 0 Å². The summed E-state index contributed by atoms with van der Waals surface area (Å²) in [5.74, 6) is 0.478. The molecule has 92 valence electrons. The number of hydrogen-bond donors (Lipinski definition) is 1. The second-order valence-electron chi connectivity index (χ2n) is 3.57. The summed E-state index contributed by atoms with van der Waals surface area (Å²) >= 11 is 1.67. The third-order valence-electron chi connectivity index (χ3n) is 2.30. The van der Waals surface area contributed by atoms with Crippen LogP contribution in [0.5, 0.6) is 0 Å². The van der Waals surface area contributed by atoms with E-state index in [1.807, 2.05) is 30.5 Å². The van der Waals surface area contributed by atoms with Gasteiger partial charge >= 0.3 is 0 Å². The Hall–Kier alpha value is -1.94. The molecular formula is C14H13NO2S. The Morgan fingerprint density at radius 1 is 1.28 bits per heavy atom. The van der Waals surface area contributed by atoms with Crippen LogP contribution in [-0.2, 0) is 4.79 Å². The van der Waals surface area contributed by atoms with Gasteiger partial charge in [-0.05, 0) is 48.7 Å². The van der Waals surface area contributed by atoms with E-state index in [4.69, 9.17) is 4.42 Å². The molecule has 0 aliphatic heterocycles. The predicted molar refractivity (Wildman–Crippen MR) is 74.6 cm³/mol. The third kappa shape index (κ3) is 3.53. The molecule has 18 heavy (non-hydrogen) atoms. The van der Waals surface area contributed by atoms with Gasteiger partial charge in [0, 0.05) is 16.7 Å². The molecule has 0 radical (unpaired) electrons. The number of thioether (sulfide) groups is 1. The maximum atomic E-state index is 11.6. The molecule has 3 nitrogen and oxygen atoms in total. The lowest BCUT2D eigenvalue weighted by molar-refractivity contribution is -0.111. The number of carbonyl (C=O) groups is 1. The van der Waals surface area contributed by atoms with Crippen LogP contribution in [0.1, 0.15) is 5.76 Å². The van der Waals surface area contributed by atoms with Gasteiger partial charge in [0.05, 0.1) is 6.26 Å². The molecule has 2 aromatic rings. The molecule has 0 spiro atoms. The molecule has 0 saturated heterocycles. The number of carbonyl (C=O) groups excluding carboxylic acids is 1. The minimum absolute atomic E-state index is 0.177. The summed E-state index contributed by atoms with van der Waals surface area (Å²) in [7, 11) is 0. The number of nitrogens with one attached hydrogen (secondary N) is 1. The lowest BCUT2D eigenvalue weighted by Gasteiger charge is -2.02. The predicted octanol–water partition coefficient (Wildman–Crippen LogP) is 3.65. The van der Waals surface area contributed by atoms with Crippen molar-refractivity contribution >= 4 is 29.4 Å². The van der Waals surface area contributed by atoms with Gasteiger partial charge in [-0.15, -0.1) is 11.8 Å². The summed E-state index contributed by atoms with van der Waals surface area (Å²) in [6, 6.07) is 11.3. The average molecular weight is 259 g/mol. The highest BCUT2D eigenvalue weighted by Crippen LogP contribution is 2.17. The van der Waals surface area contributed by atoms with Crippen molar-refractivity contribution in [1.82, 2.24) is 0 Å². The molecule has 0 aliphatic rings. The highest BCUT2D eigenvalue weighted by Gasteiger charge is 1.98. The van der Waals surface area contributed by atoms with Crippen LogP contribution in [0.15, 0.2) is 58.1 Å². The Labute approximate surface area is 110 Å². The van der Waals surface area contributed by atoms with Crippen LogP contribution in [0.2, 0.25) is 0 Å². The summed E-state index contributed by atoms with van der Waals surface area (Å²) < 4.78 is 5.09. The fraction of sp³-hybridized carbons (Fsp3) is 0.0714. The van der Waals surface area contributed by atoms with Gasteiger partial charge in [0.15, 0.2) is 0 Å². The molecule has 0 saturated carbocycles. The van der Waals surface area contributed by atoms with Crippen molar-refractivity contribution in [2.45, 2.75) is 4.90 Å². The number of amides is 1. The molecule has 0 aliphatic carbocycles. The molecular weight excluding hydrogens is 246 g/mol. The summed E-state index contributed by atoms with van der Waals surface area (Å²) in [5, 5.41) is 2.78. The second kappa shape index (κ2) is 6.12. The van der Waals surface area contributed by atoms with Gasteiger partial charge < -0.3 is 9.73 Å². The monoisotopic (exact) mass is 259 g/mol.